The first-order chi connectivity index (χ1) is 12.3. The van der Waals surface area contributed by atoms with Crippen molar-refractivity contribution in [2.75, 3.05) is 33.8 Å². The van der Waals surface area contributed by atoms with Crippen molar-refractivity contribution < 1.29 is 4.74 Å². The highest BCUT2D eigenvalue weighted by Gasteiger charge is 2.24. The smallest absolute Gasteiger partial charge is 0.191 e. The number of ether oxygens (including phenoxy) is 1. The molecule has 1 aromatic carbocycles. The van der Waals surface area contributed by atoms with Gasteiger partial charge in [-0.2, -0.15) is 0 Å². The molecule has 2 N–H and O–H groups in total. The number of methoxy groups -OCH3 is 1. The van der Waals surface area contributed by atoms with Crippen LogP contribution >= 0.6 is 24.0 Å². The van der Waals surface area contributed by atoms with Gasteiger partial charge >= 0.3 is 0 Å². The van der Waals surface area contributed by atoms with E-state index in [2.05, 4.69) is 79.4 Å². The van der Waals surface area contributed by atoms with Gasteiger partial charge in [0.2, 0.25) is 0 Å². The molecule has 0 saturated carbocycles. The van der Waals surface area contributed by atoms with Crippen LogP contribution in [0.15, 0.2) is 29.3 Å². The molecule has 0 aliphatic carbocycles. The SMILES string of the molecule is CCN(CC)Cc1ccccc1CNC(=NC)NCC(OC)C(C)(C)C.I. The Balaban J connectivity index is 0.00000676. The van der Waals surface area contributed by atoms with Gasteiger partial charge in [0.15, 0.2) is 5.96 Å². The molecule has 1 atom stereocenters. The number of nitrogens with zero attached hydrogens (tertiary/aromatic N) is 2. The minimum absolute atomic E-state index is 0. The van der Waals surface area contributed by atoms with Gasteiger partial charge in [-0.1, -0.05) is 58.9 Å². The minimum atomic E-state index is 0. The van der Waals surface area contributed by atoms with Gasteiger partial charge < -0.3 is 15.4 Å². The van der Waals surface area contributed by atoms with E-state index in [1.807, 2.05) is 0 Å². The molecule has 0 heterocycles. The minimum Gasteiger partial charge on any atom is -0.379 e. The zero-order valence-corrected chi connectivity index (χ0v) is 20.5. The van der Waals surface area contributed by atoms with E-state index in [4.69, 9.17) is 4.74 Å². The zero-order chi connectivity index (χ0) is 19.6. The molecule has 0 amide bonds. The summed E-state index contributed by atoms with van der Waals surface area (Å²) < 4.78 is 5.61. The molecule has 5 nitrogen and oxygen atoms in total. The number of rotatable bonds is 9. The lowest BCUT2D eigenvalue weighted by Gasteiger charge is -2.30. The van der Waals surface area contributed by atoms with E-state index in [9.17, 15) is 0 Å². The highest BCUT2D eigenvalue weighted by molar-refractivity contribution is 14.0. The molecule has 0 bridgehead atoms. The van der Waals surface area contributed by atoms with Crippen molar-refractivity contribution in [3.05, 3.63) is 35.4 Å². The maximum absolute atomic E-state index is 5.61. The molecule has 1 rings (SSSR count). The van der Waals surface area contributed by atoms with E-state index in [0.717, 1.165) is 38.7 Å². The first kappa shape index (κ1) is 26.1. The van der Waals surface area contributed by atoms with Crippen molar-refractivity contribution in [2.45, 2.75) is 53.8 Å². The molecule has 0 aromatic heterocycles. The maximum Gasteiger partial charge on any atom is 0.191 e. The molecule has 0 saturated heterocycles. The molecular formula is C21H39IN4O. The summed E-state index contributed by atoms with van der Waals surface area (Å²) in [6.45, 7) is 15.5. The Bertz CT molecular complexity index is 553. The van der Waals surface area contributed by atoms with Crippen LogP contribution in [-0.4, -0.2) is 50.8 Å². The lowest BCUT2D eigenvalue weighted by atomic mass is 9.89. The third-order valence-electron chi connectivity index (χ3n) is 4.78. The average Bonchev–Trinajstić information content (AvgIpc) is 2.62. The Labute approximate surface area is 183 Å². The summed E-state index contributed by atoms with van der Waals surface area (Å²) in [6, 6.07) is 8.61. The van der Waals surface area contributed by atoms with Crippen LogP contribution < -0.4 is 10.6 Å². The molecule has 0 aliphatic heterocycles. The molecule has 1 unspecified atom stereocenters. The molecule has 1 aromatic rings. The van der Waals surface area contributed by atoms with Gasteiger partial charge in [-0.05, 0) is 29.6 Å². The third kappa shape index (κ3) is 9.25. The van der Waals surface area contributed by atoms with Crippen molar-refractivity contribution in [1.29, 1.82) is 0 Å². The Hall–Kier alpha value is -0.860. The number of benzene rings is 1. The number of guanidine groups is 1. The summed E-state index contributed by atoms with van der Waals surface area (Å²) in [4.78, 5) is 6.77. The van der Waals surface area contributed by atoms with Crippen molar-refractivity contribution in [3.63, 3.8) is 0 Å². The summed E-state index contributed by atoms with van der Waals surface area (Å²) >= 11 is 0. The van der Waals surface area contributed by atoms with E-state index < -0.39 is 0 Å². The lowest BCUT2D eigenvalue weighted by molar-refractivity contribution is 0.0205. The van der Waals surface area contributed by atoms with Crippen LogP contribution in [0.3, 0.4) is 0 Å². The van der Waals surface area contributed by atoms with Crippen LogP contribution in [0, 0.1) is 5.41 Å². The van der Waals surface area contributed by atoms with Crippen molar-refractivity contribution in [3.8, 4) is 0 Å². The van der Waals surface area contributed by atoms with Gasteiger partial charge in [-0.15, -0.1) is 24.0 Å². The van der Waals surface area contributed by atoms with Gasteiger partial charge in [0.1, 0.15) is 0 Å². The first-order valence-electron chi connectivity index (χ1n) is 9.62. The number of hydrogen-bond donors (Lipinski definition) is 2. The van der Waals surface area contributed by atoms with Crippen molar-refractivity contribution in [2.24, 2.45) is 10.4 Å². The number of halogens is 1. The number of hydrogen-bond acceptors (Lipinski definition) is 3. The van der Waals surface area contributed by atoms with Crippen LogP contribution in [0.1, 0.15) is 45.7 Å². The molecule has 6 heteroatoms. The Morgan fingerprint density at radius 1 is 1.11 bits per heavy atom. The quantitative estimate of drug-likeness (QED) is 0.314. The highest BCUT2D eigenvalue weighted by Crippen LogP contribution is 2.20. The van der Waals surface area contributed by atoms with E-state index >= 15 is 0 Å². The Morgan fingerprint density at radius 2 is 1.70 bits per heavy atom. The molecule has 27 heavy (non-hydrogen) atoms. The topological polar surface area (TPSA) is 48.9 Å². The highest BCUT2D eigenvalue weighted by atomic mass is 127. The van der Waals surface area contributed by atoms with E-state index in [1.165, 1.54) is 11.1 Å². The van der Waals surface area contributed by atoms with Gasteiger partial charge in [-0.25, -0.2) is 0 Å². The molecule has 0 spiro atoms. The predicted octanol–water partition coefficient (Wildman–Crippen LogP) is 3.87. The van der Waals surface area contributed by atoms with Gasteiger partial charge in [-0.3, -0.25) is 9.89 Å². The first-order valence-corrected chi connectivity index (χ1v) is 9.62. The summed E-state index contributed by atoms with van der Waals surface area (Å²) in [6.07, 6.45) is 0.121. The summed E-state index contributed by atoms with van der Waals surface area (Å²) in [5.74, 6) is 0.800. The second kappa shape index (κ2) is 13.3. The number of nitrogens with one attached hydrogen (secondary N) is 2. The largest absolute Gasteiger partial charge is 0.379 e. The molecular weight excluding hydrogens is 451 g/mol. The normalized spacial score (nSPS) is 13.3. The van der Waals surface area contributed by atoms with Crippen LogP contribution in [0.4, 0.5) is 0 Å². The van der Waals surface area contributed by atoms with Crippen molar-refractivity contribution in [1.82, 2.24) is 15.5 Å². The fourth-order valence-corrected chi connectivity index (χ4v) is 2.90. The number of aliphatic imine (C=N–C) groups is 1. The summed E-state index contributed by atoms with van der Waals surface area (Å²) in [7, 11) is 3.56. The van der Waals surface area contributed by atoms with Crippen molar-refractivity contribution >= 4 is 29.9 Å². The van der Waals surface area contributed by atoms with Crippen LogP contribution in [0.5, 0.6) is 0 Å². The second-order valence-electron chi connectivity index (χ2n) is 7.63. The zero-order valence-electron chi connectivity index (χ0n) is 18.1. The molecule has 0 fully saturated rings. The average molecular weight is 490 g/mol. The maximum atomic E-state index is 5.61. The molecule has 0 radical (unpaired) electrons. The fraction of sp³-hybridized carbons (Fsp3) is 0.667. The van der Waals surface area contributed by atoms with E-state index in [-0.39, 0.29) is 35.5 Å². The second-order valence-corrected chi connectivity index (χ2v) is 7.63. The van der Waals surface area contributed by atoms with Gasteiger partial charge in [0, 0.05) is 33.8 Å². The van der Waals surface area contributed by atoms with E-state index in [1.54, 1.807) is 14.2 Å². The lowest BCUT2D eigenvalue weighted by Crippen LogP contribution is -2.45. The van der Waals surface area contributed by atoms with Crippen LogP contribution in [0.2, 0.25) is 0 Å². The van der Waals surface area contributed by atoms with Gasteiger partial charge in [0.25, 0.3) is 0 Å². The third-order valence-corrected chi connectivity index (χ3v) is 4.78. The van der Waals surface area contributed by atoms with Crippen LogP contribution in [-0.2, 0) is 17.8 Å². The standard InChI is InChI=1S/C21H38N4O.HI/c1-8-25(9-2)16-18-13-11-10-12-17(18)14-23-20(22-6)24-15-19(26-7)21(3,4)5;/h10-13,19H,8-9,14-16H2,1-7H3,(H2,22,23,24);1H. The molecule has 156 valence electrons. The van der Waals surface area contributed by atoms with Gasteiger partial charge in [0.05, 0.1) is 6.10 Å². The summed E-state index contributed by atoms with van der Waals surface area (Å²) in [5.41, 5.74) is 2.75. The predicted molar refractivity (Wildman–Crippen MR) is 127 cm³/mol. The Morgan fingerprint density at radius 3 is 2.19 bits per heavy atom. The fourth-order valence-electron chi connectivity index (χ4n) is 2.90. The van der Waals surface area contributed by atoms with Crippen LogP contribution in [0.25, 0.3) is 0 Å². The summed E-state index contributed by atoms with van der Waals surface area (Å²) in [5, 5.41) is 6.81. The Kier molecular flexibility index (Phi) is 12.9. The monoisotopic (exact) mass is 490 g/mol. The van der Waals surface area contributed by atoms with E-state index in [0.29, 0.717) is 0 Å². The molecule has 0 aliphatic rings.